The van der Waals surface area contributed by atoms with Gasteiger partial charge in [-0.15, -0.1) is 0 Å². The van der Waals surface area contributed by atoms with Crippen LogP contribution in [0.2, 0.25) is 0 Å². The smallest absolute Gasteiger partial charge is 0.134 e. The van der Waals surface area contributed by atoms with Gasteiger partial charge in [0.1, 0.15) is 11.5 Å². The van der Waals surface area contributed by atoms with E-state index < -0.39 is 5.67 Å². The van der Waals surface area contributed by atoms with Crippen molar-refractivity contribution in [1.82, 2.24) is 15.5 Å². The fraction of sp³-hybridized carbons (Fsp3) is 0.667. The normalized spacial score (nSPS) is 23.6. The third kappa shape index (κ3) is 7.19. The van der Waals surface area contributed by atoms with Gasteiger partial charge >= 0.3 is 0 Å². The molecule has 0 unspecified atom stereocenters. The van der Waals surface area contributed by atoms with Gasteiger partial charge in [0.2, 0.25) is 0 Å². The molecule has 34 heavy (non-hydrogen) atoms. The SMILES string of the molecule is C=CC(=C)\N=C/C(=C(\C)N=C)C(=N\CCCC1(F)CCCNCCC1)/N1CCCC2(CNC2)C1. The average Bonchev–Trinajstić information content (AvgIpc) is 2.81. The number of hydrogen-bond acceptors (Lipinski definition) is 5. The first-order valence-electron chi connectivity index (χ1n) is 12.8. The van der Waals surface area contributed by atoms with Crippen LogP contribution in [0, 0.1) is 5.41 Å². The van der Waals surface area contributed by atoms with Gasteiger partial charge in [0.05, 0.1) is 11.3 Å². The summed E-state index contributed by atoms with van der Waals surface area (Å²) in [4.78, 5) is 16.1. The zero-order valence-electron chi connectivity index (χ0n) is 21.0. The van der Waals surface area contributed by atoms with Gasteiger partial charge in [-0.3, -0.25) is 15.0 Å². The Bertz CT molecular complexity index is 815. The topological polar surface area (TPSA) is 64.4 Å². The van der Waals surface area contributed by atoms with E-state index in [1.807, 2.05) is 6.92 Å². The van der Waals surface area contributed by atoms with Crippen LogP contribution in [0.4, 0.5) is 4.39 Å². The first-order valence-corrected chi connectivity index (χ1v) is 12.8. The molecule has 0 amide bonds. The Hall–Kier alpha value is -2.12. The Morgan fingerprint density at radius 3 is 2.47 bits per heavy atom. The Labute approximate surface area is 205 Å². The molecular formula is C27H43FN6. The number of halogens is 1. The highest BCUT2D eigenvalue weighted by Crippen LogP contribution is 2.35. The molecule has 1 spiro atoms. The molecule has 0 atom stereocenters. The van der Waals surface area contributed by atoms with Crippen LogP contribution in [0.15, 0.2) is 51.2 Å². The van der Waals surface area contributed by atoms with Crippen molar-refractivity contribution in [2.24, 2.45) is 20.4 Å². The number of nitrogens with zero attached hydrogens (tertiary/aromatic N) is 4. The molecule has 0 radical (unpaired) electrons. The van der Waals surface area contributed by atoms with E-state index in [4.69, 9.17) is 4.99 Å². The summed E-state index contributed by atoms with van der Waals surface area (Å²) in [7, 11) is 0. The second-order valence-corrected chi connectivity index (χ2v) is 10.2. The first kappa shape index (κ1) is 26.5. The van der Waals surface area contributed by atoms with Gasteiger partial charge in [0.15, 0.2) is 0 Å². The number of allylic oxidation sites excluding steroid dienone is 2. The second kappa shape index (κ2) is 12.5. The predicted octanol–water partition coefficient (Wildman–Crippen LogP) is 4.47. The Balaban J connectivity index is 1.79. The monoisotopic (exact) mass is 470 g/mol. The molecule has 188 valence electrons. The molecule has 6 nitrogen and oxygen atoms in total. The van der Waals surface area contributed by atoms with Gasteiger partial charge in [-0.25, -0.2) is 4.39 Å². The Morgan fingerprint density at radius 1 is 1.12 bits per heavy atom. The highest BCUT2D eigenvalue weighted by molar-refractivity contribution is 6.16. The number of aliphatic imine (C=N–C) groups is 3. The summed E-state index contributed by atoms with van der Waals surface area (Å²) in [5.41, 5.74) is 1.47. The number of alkyl halides is 1. The highest BCUT2D eigenvalue weighted by atomic mass is 19.1. The maximum absolute atomic E-state index is 15.5. The summed E-state index contributed by atoms with van der Waals surface area (Å²) in [5, 5.41) is 6.81. The predicted molar refractivity (Wildman–Crippen MR) is 143 cm³/mol. The van der Waals surface area contributed by atoms with E-state index >= 15 is 4.39 Å². The van der Waals surface area contributed by atoms with Crippen LogP contribution in [0.1, 0.15) is 58.3 Å². The van der Waals surface area contributed by atoms with Gasteiger partial charge in [-0.05, 0) is 84.2 Å². The van der Waals surface area contributed by atoms with Crippen LogP contribution in [0.5, 0.6) is 0 Å². The quantitative estimate of drug-likeness (QED) is 0.226. The van der Waals surface area contributed by atoms with Crippen molar-refractivity contribution in [1.29, 1.82) is 0 Å². The van der Waals surface area contributed by atoms with E-state index in [1.165, 1.54) is 6.42 Å². The minimum Gasteiger partial charge on any atom is -0.356 e. The molecule has 3 rings (SSSR count). The largest absolute Gasteiger partial charge is 0.356 e. The second-order valence-electron chi connectivity index (χ2n) is 10.2. The maximum Gasteiger partial charge on any atom is 0.134 e. The van der Waals surface area contributed by atoms with Crippen LogP contribution >= 0.6 is 0 Å². The lowest BCUT2D eigenvalue weighted by Gasteiger charge is -2.50. The lowest BCUT2D eigenvalue weighted by Crippen LogP contribution is -2.62. The highest BCUT2D eigenvalue weighted by Gasteiger charge is 2.41. The summed E-state index contributed by atoms with van der Waals surface area (Å²) in [5.74, 6) is 0.895. The number of amidine groups is 1. The average molecular weight is 471 g/mol. The minimum atomic E-state index is -1.06. The van der Waals surface area contributed by atoms with Crippen molar-refractivity contribution in [3.63, 3.8) is 0 Å². The molecule has 0 aromatic rings. The van der Waals surface area contributed by atoms with E-state index in [9.17, 15) is 0 Å². The zero-order valence-corrected chi connectivity index (χ0v) is 21.0. The van der Waals surface area contributed by atoms with Crippen molar-refractivity contribution in [2.75, 3.05) is 45.8 Å². The van der Waals surface area contributed by atoms with Crippen molar-refractivity contribution in [3.8, 4) is 0 Å². The molecule has 0 bridgehead atoms. The van der Waals surface area contributed by atoms with Gasteiger partial charge in [0, 0.05) is 50.1 Å². The van der Waals surface area contributed by atoms with Crippen molar-refractivity contribution in [3.05, 3.63) is 36.2 Å². The first-order chi connectivity index (χ1) is 16.4. The van der Waals surface area contributed by atoms with Gasteiger partial charge in [-0.1, -0.05) is 13.2 Å². The van der Waals surface area contributed by atoms with Crippen molar-refractivity contribution < 1.29 is 4.39 Å². The molecule has 2 N–H and O–H groups in total. The van der Waals surface area contributed by atoms with Crippen molar-refractivity contribution in [2.45, 2.75) is 64.0 Å². The summed E-state index contributed by atoms with van der Waals surface area (Å²) < 4.78 is 15.5. The fourth-order valence-corrected chi connectivity index (χ4v) is 5.25. The molecule has 3 aliphatic rings. The molecule has 0 aromatic heterocycles. The van der Waals surface area contributed by atoms with Crippen molar-refractivity contribution >= 4 is 18.8 Å². The number of piperidine rings is 1. The van der Waals surface area contributed by atoms with Crippen LogP contribution in [-0.4, -0.2) is 75.1 Å². The number of nitrogens with one attached hydrogen (secondary N) is 2. The number of rotatable bonds is 9. The lowest BCUT2D eigenvalue weighted by atomic mass is 9.75. The standard InChI is InChI=1S/C27H43FN6/c1-5-22(2)33-18-24(23(3)29-4)25(34-17-9-10-26(21-34)19-31-20-26)32-16-8-13-27(28)11-6-14-30-15-7-12-27/h5,18,30-31H,1-2,4,6-17,19-21H2,3H3/b24-23-,32-25+,33-18-. The lowest BCUT2D eigenvalue weighted by molar-refractivity contribution is 0.0761. The minimum absolute atomic E-state index is 0.317. The summed E-state index contributed by atoms with van der Waals surface area (Å²) in [6, 6.07) is 0. The number of likely N-dealkylation sites (tertiary alicyclic amines) is 1. The summed E-state index contributed by atoms with van der Waals surface area (Å²) >= 11 is 0. The van der Waals surface area contributed by atoms with E-state index in [0.29, 0.717) is 36.9 Å². The third-order valence-electron chi connectivity index (χ3n) is 7.43. The molecule has 0 saturated carbocycles. The molecule has 3 fully saturated rings. The van der Waals surface area contributed by atoms with E-state index in [-0.39, 0.29) is 0 Å². The molecular weight excluding hydrogens is 427 g/mol. The van der Waals surface area contributed by atoms with E-state index in [2.05, 4.69) is 45.4 Å². The zero-order chi connectivity index (χ0) is 24.4. The number of hydrogen-bond donors (Lipinski definition) is 2. The molecule has 3 heterocycles. The van der Waals surface area contributed by atoms with Crippen LogP contribution in [0.25, 0.3) is 0 Å². The van der Waals surface area contributed by atoms with Gasteiger partial charge in [0.25, 0.3) is 0 Å². The van der Waals surface area contributed by atoms with Crippen LogP contribution in [-0.2, 0) is 0 Å². The van der Waals surface area contributed by atoms with E-state index in [0.717, 1.165) is 82.1 Å². The van der Waals surface area contributed by atoms with Gasteiger partial charge < -0.3 is 15.5 Å². The summed E-state index contributed by atoms with van der Waals surface area (Å²) in [6.45, 7) is 19.8. The summed E-state index contributed by atoms with van der Waals surface area (Å²) in [6.07, 6.45) is 10.2. The molecule has 3 aliphatic heterocycles. The third-order valence-corrected chi connectivity index (χ3v) is 7.43. The maximum atomic E-state index is 15.5. The molecule has 0 aliphatic carbocycles. The molecule has 3 saturated heterocycles. The molecule has 7 heteroatoms. The van der Waals surface area contributed by atoms with E-state index in [1.54, 1.807) is 12.3 Å². The van der Waals surface area contributed by atoms with Gasteiger partial charge in [-0.2, -0.15) is 0 Å². The molecule has 0 aromatic carbocycles. The Kier molecular flexibility index (Phi) is 9.77. The van der Waals surface area contributed by atoms with Crippen LogP contribution < -0.4 is 10.6 Å². The van der Waals surface area contributed by atoms with Crippen LogP contribution in [0.3, 0.4) is 0 Å². The fourth-order valence-electron chi connectivity index (χ4n) is 5.25. The Morgan fingerprint density at radius 2 is 1.85 bits per heavy atom.